The lowest BCUT2D eigenvalue weighted by Crippen LogP contribution is -2.26. The SMILES string of the molecule is Cc1cc(F)ccc1S(=O)(=O)NCC[C@@H](CCO)c1cccs1. The van der Waals surface area contributed by atoms with E-state index in [9.17, 15) is 12.8 Å². The molecular weight excluding hydrogens is 337 g/mol. The van der Waals surface area contributed by atoms with Gasteiger partial charge in [0, 0.05) is 18.0 Å². The van der Waals surface area contributed by atoms with E-state index in [1.807, 2.05) is 17.5 Å². The van der Waals surface area contributed by atoms with Gasteiger partial charge in [0.05, 0.1) is 4.90 Å². The second kappa shape index (κ2) is 8.01. The number of nitrogens with one attached hydrogen (secondary N) is 1. The van der Waals surface area contributed by atoms with Crippen molar-refractivity contribution in [3.63, 3.8) is 0 Å². The number of hydrogen-bond acceptors (Lipinski definition) is 4. The summed E-state index contributed by atoms with van der Waals surface area (Å²) in [6.07, 6.45) is 1.19. The number of hydrogen-bond donors (Lipinski definition) is 2. The van der Waals surface area contributed by atoms with E-state index in [0.29, 0.717) is 18.4 Å². The number of thiophene rings is 1. The molecule has 2 aromatic rings. The Labute approximate surface area is 140 Å². The van der Waals surface area contributed by atoms with Crippen LogP contribution in [0.25, 0.3) is 0 Å². The van der Waals surface area contributed by atoms with Gasteiger partial charge in [-0.25, -0.2) is 17.5 Å². The molecule has 0 radical (unpaired) electrons. The Balaban J connectivity index is 2.01. The highest BCUT2D eigenvalue weighted by molar-refractivity contribution is 7.89. The first-order chi connectivity index (χ1) is 10.9. The molecule has 0 bridgehead atoms. The molecule has 0 aliphatic heterocycles. The number of benzene rings is 1. The van der Waals surface area contributed by atoms with E-state index in [0.717, 1.165) is 10.9 Å². The van der Waals surface area contributed by atoms with Crippen molar-refractivity contribution in [2.45, 2.75) is 30.6 Å². The van der Waals surface area contributed by atoms with Crippen LogP contribution in [-0.4, -0.2) is 26.7 Å². The number of aryl methyl sites for hydroxylation is 1. The first-order valence-electron chi connectivity index (χ1n) is 7.34. The third-order valence-electron chi connectivity index (χ3n) is 3.63. The third kappa shape index (κ3) is 4.84. The van der Waals surface area contributed by atoms with Gasteiger partial charge in [0.1, 0.15) is 5.82 Å². The summed E-state index contributed by atoms with van der Waals surface area (Å²) in [6, 6.07) is 7.55. The molecule has 7 heteroatoms. The Kier molecular flexibility index (Phi) is 6.29. The Morgan fingerprint density at radius 2 is 2.09 bits per heavy atom. The molecule has 1 aromatic carbocycles. The average molecular weight is 357 g/mol. The highest BCUT2D eigenvalue weighted by Crippen LogP contribution is 2.27. The summed E-state index contributed by atoms with van der Waals surface area (Å²) < 4.78 is 40.3. The van der Waals surface area contributed by atoms with Crippen LogP contribution in [0.2, 0.25) is 0 Å². The van der Waals surface area contributed by atoms with E-state index >= 15 is 0 Å². The quantitative estimate of drug-likeness (QED) is 0.763. The van der Waals surface area contributed by atoms with E-state index in [1.54, 1.807) is 18.3 Å². The van der Waals surface area contributed by atoms with E-state index in [-0.39, 0.29) is 24.0 Å². The van der Waals surface area contributed by atoms with E-state index < -0.39 is 15.8 Å². The van der Waals surface area contributed by atoms with Crippen LogP contribution in [0.3, 0.4) is 0 Å². The highest BCUT2D eigenvalue weighted by atomic mass is 32.2. The van der Waals surface area contributed by atoms with Crippen molar-refractivity contribution in [2.24, 2.45) is 0 Å². The highest BCUT2D eigenvalue weighted by Gasteiger charge is 2.18. The lowest BCUT2D eigenvalue weighted by Gasteiger charge is -2.15. The maximum Gasteiger partial charge on any atom is 0.240 e. The minimum absolute atomic E-state index is 0.0619. The Hall–Kier alpha value is -1.28. The topological polar surface area (TPSA) is 66.4 Å². The van der Waals surface area contributed by atoms with Crippen LogP contribution in [0.15, 0.2) is 40.6 Å². The number of aliphatic hydroxyl groups excluding tert-OH is 1. The van der Waals surface area contributed by atoms with Crippen molar-refractivity contribution in [1.82, 2.24) is 4.72 Å². The van der Waals surface area contributed by atoms with Crippen molar-refractivity contribution in [3.8, 4) is 0 Å². The second-order valence-corrected chi connectivity index (χ2v) is 8.04. The molecule has 1 atom stereocenters. The van der Waals surface area contributed by atoms with Crippen molar-refractivity contribution in [2.75, 3.05) is 13.2 Å². The van der Waals surface area contributed by atoms with Crippen LogP contribution >= 0.6 is 11.3 Å². The van der Waals surface area contributed by atoms with Gasteiger partial charge >= 0.3 is 0 Å². The van der Waals surface area contributed by atoms with Gasteiger partial charge in [0.2, 0.25) is 10.0 Å². The summed E-state index contributed by atoms with van der Waals surface area (Å²) in [6.45, 7) is 1.89. The molecule has 0 unspecified atom stereocenters. The predicted octanol–water partition coefficient (Wildman–Crippen LogP) is 3.03. The largest absolute Gasteiger partial charge is 0.396 e. The number of aliphatic hydroxyl groups is 1. The van der Waals surface area contributed by atoms with E-state index in [4.69, 9.17) is 5.11 Å². The number of halogens is 1. The molecule has 2 rings (SSSR count). The minimum Gasteiger partial charge on any atom is -0.396 e. The fourth-order valence-electron chi connectivity index (χ4n) is 2.47. The number of sulfonamides is 1. The predicted molar refractivity (Wildman–Crippen MR) is 89.7 cm³/mol. The molecule has 126 valence electrons. The molecule has 1 aromatic heterocycles. The van der Waals surface area contributed by atoms with Gasteiger partial charge in [0.15, 0.2) is 0 Å². The van der Waals surface area contributed by atoms with Crippen LogP contribution in [0.5, 0.6) is 0 Å². The summed E-state index contributed by atoms with van der Waals surface area (Å²) in [5, 5.41) is 11.1. The molecule has 0 fully saturated rings. The van der Waals surface area contributed by atoms with Gasteiger partial charge in [-0.1, -0.05) is 6.07 Å². The maximum absolute atomic E-state index is 13.1. The maximum atomic E-state index is 13.1. The zero-order valence-electron chi connectivity index (χ0n) is 12.8. The summed E-state index contributed by atoms with van der Waals surface area (Å²) in [5.74, 6) is -0.334. The Morgan fingerprint density at radius 3 is 2.70 bits per heavy atom. The van der Waals surface area contributed by atoms with Crippen molar-refractivity contribution < 1.29 is 17.9 Å². The average Bonchev–Trinajstić information content (AvgIpc) is 2.99. The fraction of sp³-hybridized carbons (Fsp3) is 0.375. The lowest BCUT2D eigenvalue weighted by molar-refractivity contribution is 0.273. The van der Waals surface area contributed by atoms with Gasteiger partial charge < -0.3 is 5.11 Å². The zero-order valence-corrected chi connectivity index (χ0v) is 14.5. The molecular formula is C16H20FNO3S2. The Bertz CT molecular complexity index is 730. The van der Waals surface area contributed by atoms with Crippen LogP contribution in [0, 0.1) is 12.7 Å². The summed E-state index contributed by atoms with van der Waals surface area (Å²) in [4.78, 5) is 1.23. The summed E-state index contributed by atoms with van der Waals surface area (Å²) >= 11 is 1.60. The molecule has 0 aliphatic carbocycles. The smallest absolute Gasteiger partial charge is 0.240 e. The number of rotatable bonds is 8. The van der Waals surface area contributed by atoms with Crippen LogP contribution < -0.4 is 4.72 Å². The fourth-order valence-corrected chi connectivity index (χ4v) is 4.64. The first kappa shape index (κ1) is 18.1. The molecule has 0 saturated heterocycles. The standard InChI is InChI=1S/C16H20FNO3S2/c1-12-11-14(17)4-5-16(12)23(20,21)18-8-6-13(7-9-19)15-3-2-10-22-15/h2-5,10-11,13,18-19H,6-9H2,1H3/t13-/m0/s1. The molecule has 0 amide bonds. The summed E-state index contributed by atoms with van der Waals surface area (Å²) in [7, 11) is -3.66. The minimum atomic E-state index is -3.66. The summed E-state index contributed by atoms with van der Waals surface area (Å²) in [5.41, 5.74) is 0.377. The zero-order chi connectivity index (χ0) is 16.9. The van der Waals surface area contributed by atoms with Gasteiger partial charge in [0.25, 0.3) is 0 Å². The first-order valence-corrected chi connectivity index (χ1v) is 9.70. The molecule has 23 heavy (non-hydrogen) atoms. The molecule has 0 saturated carbocycles. The van der Waals surface area contributed by atoms with Crippen molar-refractivity contribution in [1.29, 1.82) is 0 Å². The molecule has 0 spiro atoms. The van der Waals surface area contributed by atoms with Crippen LogP contribution in [-0.2, 0) is 10.0 Å². The van der Waals surface area contributed by atoms with Gasteiger partial charge in [-0.05, 0) is 60.9 Å². The van der Waals surface area contributed by atoms with E-state index in [1.165, 1.54) is 12.1 Å². The van der Waals surface area contributed by atoms with E-state index in [2.05, 4.69) is 4.72 Å². The van der Waals surface area contributed by atoms with Crippen LogP contribution in [0.4, 0.5) is 4.39 Å². The van der Waals surface area contributed by atoms with Crippen molar-refractivity contribution in [3.05, 3.63) is 52.0 Å². The third-order valence-corrected chi connectivity index (χ3v) is 6.29. The molecule has 4 nitrogen and oxygen atoms in total. The molecule has 1 heterocycles. The molecule has 2 N–H and O–H groups in total. The van der Waals surface area contributed by atoms with Crippen molar-refractivity contribution >= 4 is 21.4 Å². The monoisotopic (exact) mass is 357 g/mol. The normalized spacial score (nSPS) is 13.2. The molecule has 0 aliphatic rings. The Morgan fingerprint density at radius 1 is 1.30 bits per heavy atom. The van der Waals surface area contributed by atoms with Gasteiger partial charge in [-0.3, -0.25) is 0 Å². The lowest BCUT2D eigenvalue weighted by atomic mass is 10.0. The van der Waals surface area contributed by atoms with Crippen LogP contribution in [0.1, 0.15) is 29.2 Å². The van der Waals surface area contributed by atoms with Gasteiger partial charge in [-0.15, -0.1) is 11.3 Å². The second-order valence-electron chi connectivity index (χ2n) is 5.32. The van der Waals surface area contributed by atoms with Gasteiger partial charge in [-0.2, -0.15) is 0 Å².